The molecule has 2 aromatic carbocycles. The number of halogens is 4. The summed E-state index contributed by atoms with van der Waals surface area (Å²) in [5.41, 5.74) is -0.313. The second kappa shape index (κ2) is 5.30. The first-order valence-corrected chi connectivity index (χ1v) is 5.50. The minimum atomic E-state index is -4.37. The van der Waals surface area contributed by atoms with Gasteiger partial charge in [0.25, 0.3) is 0 Å². The molecule has 0 aliphatic rings. The average Bonchev–Trinajstić information content (AvgIpc) is 2.37. The minimum absolute atomic E-state index is 0.00441. The van der Waals surface area contributed by atoms with E-state index in [1.54, 1.807) is 6.07 Å². The maximum Gasteiger partial charge on any atom is 0.416 e. The van der Waals surface area contributed by atoms with Gasteiger partial charge in [-0.05, 0) is 42.0 Å². The second-order valence-electron chi connectivity index (χ2n) is 3.94. The molecule has 0 aromatic heterocycles. The van der Waals surface area contributed by atoms with Crippen LogP contribution in [0.25, 0.3) is 0 Å². The quantitative estimate of drug-likeness (QED) is 0.750. The Bertz CT molecular complexity index is 546. The summed E-state index contributed by atoms with van der Waals surface area (Å²) in [5.74, 6) is 0.00484. The van der Waals surface area contributed by atoms with Crippen LogP contribution in [0.3, 0.4) is 0 Å². The van der Waals surface area contributed by atoms with Crippen LogP contribution in [-0.2, 0) is 12.8 Å². The van der Waals surface area contributed by atoms with Gasteiger partial charge in [0.2, 0.25) is 0 Å². The molecule has 0 radical (unpaired) electrons. The zero-order chi connectivity index (χ0) is 13.9. The van der Waals surface area contributed by atoms with Crippen LogP contribution in [0.15, 0.2) is 48.5 Å². The van der Waals surface area contributed by atoms with E-state index in [1.165, 1.54) is 30.3 Å². The van der Waals surface area contributed by atoms with E-state index in [0.717, 1.165) is 12.1 Å². The summed E-state index contributed by atoms with van der Waals surface area (Å²) in [6.45, 7) is -0.00441. The molecule has 0 aliphatic heterocycles. The molecule has 1 nitrogen and oxygen atoms in total. The Morgan fingerprint density at radius 3 is 2.26 bits per heavy atom. The SMILES string of the molecule is Fc1ccc(OCc2cccc(C(F)(F)F)c2)cc1. The van der Waals surface area contributed by atoms with E-state index < -0.39 is 17.6 Å². The molecule has 0 heterocycles. The van der Waals surface area contributed by atoms with Crippen molar-refractivity contribution in [3.8, 4) is 5.75 Å². The monoisotopic (exact) mass is 270 g/mol. The third-order valence-electron chi connectivity index (χ3n) is 2.47. The van der Waals surface area contributed by atoms with Gasteiger partial charge in [-0.2, -0.15) is 13.2 Å². The predicted octanol–water partition coefficient (Wildman–Crippen LogP) is 4.42. The summed E-state index contributed by atoms with van der Waals surface area (Å²) in [6.07, 6.45) is -4.37. The molecule has 0 bridgehead atoms. The van der Waals surface area contributed by atoms with E-state index in [2.05, 4.69) is 0 Å². The number of alkyl halides is 3. The highest BCUT2D eigenvalue weighted by Gasteiger charge is 2.30. The van der Waals surface area contributed by atoms with Crippen molar-refractivity contribution in [1.82, 2.24) is 0 Å². The normalized spacial score (nSPS) is 11.4. The van der Waals surface area contributed by atoms with Gasteiger partial charge in [-0.25, -0.2) is 4.39 Å². The van der Waals surface area contributed by atoms with Crippen molar-refractivity contribution in [2.24, 2.45) is 0 Å². The van der Waals surface area contributed by atoms with Crippen LogP contribution < -0.4 is 4.74 Å². The maximum absolute atomic E-state index is 12.7. The van der Waals surface area contributed by atoms with E-state index in [0.29, 0.717) is 11.3 Å². The summed E-state index contributed by atoms with van der Waals surface area (Å²) in [7, 11) is 0. The zero-order valence-electron chi connectivity index (χ0n) is 9.75. The highest BCUT2D eigenvalue weighted by Crippen LogP contribution is 2.29. The Hall–Kier alpha value is -2.04. The van der Waals surface area contributed by atoms with Crippen LogP contribution >= 0.6 is 0 Å². The highest BCUT2D eigenvalue weighted by molar-refractivity contribution is 5.27. The zero-order valence-corrected chi connectivity index (χ0v) is 9.75. The second-order valence-corrected chi connectivity index (χ2v) is 3.94. The smallest absolute Gasteiger partial charge is 0.416 e. The molecule has 5 heteroatoms. The summed E-state index contributed by atoms with van der Waals surface area (Å²) in [4.78, 5) is 0. The molecular weight excluding hydrogens is 260 g/mol. The Morgan fingerprint density at radius 1 is 0.947 bits per heavy atom. The predicted molar refractivity (Wildman–Crippen MR) is 62.2 cm³/mol. The molecule has 0 saturated heterocycles. The lowest BCUT2D eigenvalue weighted by atomic mass is 10.1. The summed E-state index contributed by atoms with van der Waals surface area (Å²) >= 11 is 0. The number of ether oxygens (including phenoxy) is 1. The summed E-state index contributed by atoms with van der Waals surface area (Å²) in [5, 5.41) is 0. The van der Waals surface area contributed by atoms with E-state index in [-0.39, 0.29) is 6.61 Å². The molecule has 0 atom stereocenters. The lowest BCUT2D eigenvalue weighted by molar-refractivity contribution is -0.137. The van der Waals surface area contributed by atoms with Crippen LogP contribution in [0, 0.1) is 5.82 Å². The summed E-state index contributed by atoms with van der Waals surface area (Å²) < 4.78 is 55.4. The average molecular weight is 270 g/mol. The topological polar surface area (TPSA) is 9.23 Å². The highest BCUT2D eigenvalue weighted by atomic mass is 19.4. The first-order chi connectivity index (χ1) is 8.95. The molecule has 0 saturated carbocycles. The number of benzene rings is 2. The van der Waals surface area contributed by atoms with Gasteiger partial charge in [-0.1, -0.05) is 12.1 Å². The Morgan fingerprint density at radius 2 is 1.63 bits per heavy atom. The van der Waals surface area contributed by atoms with Crippen molar-refractivity contribution in [2.45, 2.75) is 12.8 Å². The van der Waals surface area contributed by atoms with Gasteiger partial charge in [-0.3, -0.25) is 0 Å². The molecule has 100 valence electrons. The number of hydrogen-bond acceptors (Lipinski definition) is 1. The fourth-order valence-corrected chi connectivity index (χ4v) is 1.53. The molecule has 0 fully saturated rings. The minimum Gasteiger partial charge on any atom is -0.489 e. The van der Waals surface area contributed by atoms with Crippen molar-refractivity contribution in [2.75, 3.05) is 0 Å². The standard InChI is InChI=1S/C14H10F4O/c15-12-4-6-13(7-5-12)19-9-10-2-1-3-11(8-10)14(16,17)18/h1-8H,9H2. The van der Waals surface area contributed by atoms with Gasteiger partial charge in [0.05, 0.1) is 5.56 Å². The largest absolute Gasteiger partial charge is 0.489 e. The van der Waals surface area contributed by atoms with Crippen molar-refractivity contribution in [3.63, 3.8) is 0 Å². The van der Waals surface area contributed by atoms with Gasteiger partial charge in [-0.15, -0.1) is 0 Å². The van der Waals surface area contributed by atoms with Crippen molar-refractivity contribution in [1.29, 1.82) is 0 Å². The van der Waals surface area contributed by atoms with Gasteiger partial charge < -0.3 is 4.74 Å². The molecule has 0 amide bonds. The van der Waals surface area contributed by atoms with Crippen molar-refractivity contribution >= 4 is 0 Å². The van der Waals surface area contributed by atoms with E-state index in [1.807, 2.05) is 0 Å². The maximum atomic E-state index is 12.7. The number of hydrogen-bond donors (Lipinski definition) is 0. The molecule has 0 unspecified atom stereocenters. The lowest BCUT2D eigenvalue weighted by Gasteiger charge is -2.10. The number of rotatable bonds is 3. The Labute approximate surface area is 107 Å². The van der Waals surface area contributed by atoms with Crippen LogP contribution in [-0.4, -0.2) is 0 Å². The molecule has 19 heavy (non-hydrogen) atoms. The van der Waals surface area contributed by atoms with Gasteiger partial charge in [0, 0.05) is 0 Å². The van der Waals surface area contributed by atoms with Gasteiger partial charge in [0.1, 0.15) is 18.2 Å². The van der Waals surface area contributed by atoms with Crippen LogP contribution in [0.1, 0.15) is 11.1 Å². The van der Waals surface area contributed by atoms with Crippen LogP contribution in [0.2, 0.25) is 0 Å². The van der Waals surface area contributed by atoms with Gasteiger partial charge in [0.15, 0.2) is 0 Å². The molecule has 2 rings (SSSR count). The van der Waals surface area contributed by atoms with Crippen molar-refractivity contribution < 1.29 is 22.3 Å². The van der Waals surface area contributed by atoms with Crippen molar-refractivity contribution in [3.05, 3.63) is 65.5 Å². The molecule has 2 aromatic rings. The molecule has 0 N–H and O–H groups in total. The third kappa shape index (κ3) is 3.71. The first kappa shape index (κ1) is 13.4. The van der Waals surface area contributed by atoms with E-state index in [9.17, 15) is 17.6 Å². The molecule has 0 spiro atoms. The van der Waals surface area contributed by atoms with E-state index >= 15 is 0 Å². The van der Waals surface area contributed by atoms with Gasteiger partial charge >= 0.3 is 6.18 Å². The van der Waals surface area contributed by atoms with E-state index in [4.69, 9.17) is 4.74 Å². The summed E-state index contributed by atoms with van der Waals surface area (Å²) in [6, 6.07) is 10.2. The Kier molecular flexibility index (Phi) is 3.74. The van der Waals surface area contributed by atoms with Crippen LogP contribution in [0.4, 0.5) is 17.6 Å². The van der Waals surface area contributed by atoms with Crippen LogP contribution in [0.5, 0.6) is 5.75 Å². The molecular formula is C14H10F4O. The first-order valence-electron chi connectivity index (χ1n) is 5.50. The molecule has 0 aliphatic carbocycles. The fraction of sp³-hybridized carbons (Fsp3) is 0.143. The fourth-order valence-electron chi connectivity index (χ4n) is 1.53. The lowest BCUT2D eigenvalue weighted by Crippen LogP contribution is -2.06. The third-order valence-corrected chi connectivity index (χ3v) is 2.47. The Balaban J connectivity index is 2.05.